The van der Waals surface area contributed by atoms with E-state index in [-0.39, 0.29) is 31.4 Å². The van der Waals surface area contributed by atoms with Crippen molar-refractivity contribution in [2.75, 3.05) is 19.7 Å². The third-order valence-electron chi connectivity index (χ3n) is 8.04. The number of hydrogen-bond acceptors (Lipinski definition) is 7. The molecule has 2 aliphatic carbocycles. The number of likely N-dealkylation sites (tertiary alicyclic amines) is 1. The number of fused-ring (bicyclic) bond motifs is 2. The van der Waals surface area contributed by atoms with E-state index in [0.717, 1.165) is 14.7 Å². The Morgan fingerprint density at radius 1 is 1.10 bits per heavy atom. The summed E-state index contributed by atoms with van der Waals surface area (Å²) in [6.07, 6.45) is 2.45. The van der Waals surface area contributed by atoms with Gasteiger partial charge >= 0.3 is 5.97 Å². The maximum Gasteiger partial charge on any atom is 0.338 e. The molecule has 0 aromatic heterocycles. The number of carbonyl (C=O) groups is 3. The highest BCUT2D eigenvalue weighted by atomic mass is 127. The standard InChI is InChI=1S/C30H31IN2O7/c31-22-8-3-7-18(13-22)29(37)38-24-14-21(28(36)33-11-4-9-23(33)27(35)32-10-12-34)15-25-26(24)40-30(39-25)16-19-5-1-2-6-20(19)17-30/h1-3,5-8,13,15,23-26,34H,4,9-12,14,16-17H2,(H,32,35). The molecule has 9 nitrogen and oxygen atoms in total. The molecule has 1 spiro atoms. The lowest BCUT2D eigenvalue weighted by atomic mass is 9.91. The molecule has 10 heteroatoms. The topological polar surface area (TPSA) is 114 Å². The first-order chi connectivity index (χ1) is 19.4. The van der Waals surface area contributed by atoms with Crippen molar-refractivity contribution >= 4 is 40.4 Å². The Bertz CT molecular complexity index is 1340. The smallest absolute Gasteiger partial charge is 0.338 e. The molecular weight excluding hydrogens is 627 g/mol. The van der Waals surface area contributed by atoms with Crippen molar-refractivity contribution in [2.24, 2.45) is 0 Å². The van der Waals surface area contributed by atoms with Gasteiger partial charge in [-0.1, -0.05) is 30.3 Å². The first-order valence-electron chi connectivity index (χ1n) is 13.6. The number of aliphatic hydroxyl groups excluding tert-OH is 1. The van der Waals surface area contributed by atoms with Gasteiger partial charge in [0.25, 0.3) is 0 Å². The van der Waals surface area contributed by atoms with Gasteiger partial charge in [-0.3, -0.25) is 9.59 Å². The van der Waals surface area contributed by atoms with Crippen molar-refractivity contribution in [2.45, 2.75) is 62.2 Å². The molecule has 2 N–H and O–H groups in total. The van der Waals surface area contributed by atoms with E-state index in [0.29, 0.717) is 43.4 Å². The second kappa shape index (κ2) is 11.2. The van der Waals surface area contributed by atoms with Crippen LogP contribution in [-0.2, 0) is 36.6 Å². The molecule has 2 heterocycles. The summed E-state index contributed by atoms with van der Waals surface area (Å²) in [4.78, 5) is 41.3. The van der Waals surface area contributed by atoms with Gasteiger partial charge in [-0.25, -0.2) is 4.79 Å². The zero-order chi connectivity index (χ0) is 27.9. The number of benzene rings is 2. The van der Waals surface area contributed by atoms with Gasteiger partial charge in [-0.05, 0) is 70.8 Å². The zero-order valence-electron chi connectivity index (χ0n) is 21.9. The highest BCUT2D eigenvalue weighted by Crippen LogP contribution is 2.45. The largest absolute Gasteiger partial charge is 0.456 e. The van der Waals surface area contributed by atoms with E-state index in [9.17, 15) is 14.4 Å². The lowest BCUT2D eigenvalue weighted by molar-refractivity contribution is -0.172. The van der Waals surface area contributed by atoms with E-state index in [2.05, 4.69) is 40.0 Å². The summed E-state index contributed by atoms with van der Waals surface area (Å²) in [5.41, 5.74) is 3.18. The van der Waals surface area contributed by atoms with E-state index in [1.54, 1.807) is 29.2 Å². The van der Waals surface area contributed by atoms with Crippen molar-refractivity contribution in [3.05, 3.63) is 80.4 Å². The number of hydrogen-bond donors (Lipinski definition) is 2. The Hall–Kier alpha value is -2.80. The van der Waals surface area contributed by atoms with E-state index < -0.39 is 36.1 Å². The minimum atomic E-state index is -0.888. The summed E-state index contributed by atoms with van der Waals surface area (Å²) < 4.78 is 20.0. The van der Waals surface area contributed by atoms with Gasteiger partial charge < -0.3 is 29.5 Å². The molecule has 6 rings (SSSR count). The number of esters is 1. The zero-order valence-corrected chi connectivity index (χ0v) is 24.0. The molecule has 0 radical (unpaired) electrons. The molecule has 210 valence electrons. The summed E-state index contributed by atoms with van der Waals surface area (Å²) in [5, 5.41) is 11.8. The Kier molecular flexibility index (Phi) is 7.68. The molecule has 0 bridgehead atoms. The summed E-state index contributed by atoms with van der Waals surface area (Å²) in [7, 11) is 0. The van der Waals surface area contributed by atoms with Gasteiger partial charge in [0.2, 0.25) is 11.8 Å². The third-order valence-corrected chi connectivity index (χ3v) is 8.71. The molecule has 2 fully saturated rings. The Morgan fingerprint density at radius 2 is 1.88 bits per heavy atom. The van der Waals surface area contributed by atoms with E-state index >= 15 is 0 Å². The van der Waals surface area contributed by atoms with Gasteiger partial charge in [-0.15, -0.1) is 0 Å². The molecule has 4 aliphatic rings. The van der Waals surface area contributed by atoms with Crippen LogP contribution in [0.15, 0.2) is 60.2 Å². The number of rotatable bonds is 6. The molecule has 2 amide bonds. The molecule has 40 heavy (non-hydrogen) atoms. The Labute approximate surface area is 246 Å². The molecule has 2 aromatic rings. The summed E-state index contributed by atoms with van der Waals surface area (Å²) in [6.45, 7) is 0.415. The van der Waals surface area contributed by atoms with Gasteiger partial charge in [0, 0.05) is 41.5 Å². The van der Waals surface area contributed by atoms with Crippen LogP contribution in [0.25, 0.3) is 0 Å². The molecule has 4 atom stereocenters. The van der Waals surface area contributed by atoms with E-state index in [1.807, 2.05) is 18.2 Å². The lowest BCUT2D eigenvalue weighted by Gasteiger charge is -2.32. The Balaban J connectivity index is 1.26. The van der Waals surface area contributed by atoms with Gasteiger partial charge in [0.05, 0.1) is 12.2 Å². The molecule has 4 unspecified atom stereocenters. The fourth-order valence-electron chi connectivity index (χ4n) is 6.24. The number of nitrogens with zero attached hydrogens (tertiary/aromatic N) is 1. The predicted octanol–water partition coefficient (Wildman–Crippen LogP) is 2.53. The first kappa shape index (κ1) is 27.4. The second-order valence-electron chi connectivity index (χ2n) is 10.7. The minimum Gasteiger partial charge on any atom is -0.456 e. The normalized spacial score (nSPS) is 26.2. The van der Waals surface area contributed by atoms with Crippen LogP contribution in [-0.4, -0.2) is 77.6 Å². The molecule has 0 saturated carbocycles. The predicted molar refractivity (Wildman–Crippen MR) is 152 cm³/mol. The number of aliphatic hydroxyl groups is 1. The van der Waals surface area contributed by atoms with Crippen molar-refractivity contribution in [3.8, 4) is 0 Å². The molecular formula is C30H31IN2O7. The van der Waals surface area contributed by atoms with Crippen LogP contribution in [0.2, 0.25) is 0 Å². The quantitative estimate of drug-likeness (QED) is 0.363. The highest BCUT2D eigenvalue weighted by molar-refractivity contribution is 14.1. The van der Waals surface area contributed by atoms with Crippen LogP contribution in [0.5, 0.6) is 0 Å². The van der Waals surface area contributed by atoms with Gasteiger partial charge in [-0.2, -0.15) is 0 Å². The molecule has 2 aromatic carbocycles. The number of amides is 2. The van der Waals surface area contributed by atoms with Crippen molar-refractivity contribution in [1.82, 2.24) is 10.2 Å². The van der Waals surface area contributed by atoms with Crippen LogP contribution in [0.3, 0.4) is 0 Å². The van der Waals surface area contributed by atoms with Crippen LogP contribution in [0.1, 0.15) is 40.7 Å². The average molecular weight is 658 g/mol. The highest BCUT2D eigenvalue weighted by Gasteiger charge is 2.55. The Morgan fingerprint density at radius 3 is 2.60 bits per heavy atom. The average Bonchev–Trinajstić information content (AvgIpc) is 3.67. The van der Waals surface area contributed by atoms with Crippen LogP contribution < -0.4 is 5.32 Å². The van der Waals surface area contributed by atoms with Crippen LogP contribution >= 0.6 is 22.6 Å². The van der Waals surface area contributed by atoms with Gasteiger partial charge in [0.1, 0.15) is 24.4 Å². The number of halogens is 1. The lowest BCUT2D eigenvalue weighted by Crippen LogP contribution is -2.49. The van der Waals surface area contributed by atoms with Crippen molar-refractivity contribution in [1.29, 1.82) is 0 Å². The summed E-state index contributed by atoms with van der Waals surface area (Å²) >= 11 is 2.15. The number of ether oxygens (including phenoxy) is 3. The molecule has 2 saturated heterocycles. The maximum absolute atomic E-state index is 13.8. The SMILES string of the molecule is O=C(OC1CC(C(=O)N2CCCC2C(=O)NCCO)=CC2OC3(Cc4ccccc4C3)OC21)c1cccc(I)c1. The fraction of sp³-hybridized carbons (Fsp3) is 0.433. The number of nitrogens with one attached hydrogen (secondary N) is 1. The maximum atomic E-state index is 13.8. The van der Waals surface area contributed by atoms with Crippen molar-refractivity contribution in [3.63, 3.8) is 0 Å². The fourth-order valence-corrected chi connectivity index (χ4v) is 6.78. The van der Waals surface area contributed by atoms with E-state index in [4.69, 9.17) is 19.3 Å². The monoisotopic (exact) mass is 658 g/mol. The van der Waals surface area contributed by atoms with Gasteiger partial charge in [0.15, 0.2) is 5.79 Å². The van der Waals surface area contributed by atoms with Crippen LogP contribution in [0.4, 0.5) is 0 Å². The molecule has 2 aliphatic heterocycles. The number of carbonyl (C=O) groups excluding carboxylic acids is 3. The first-order valence-corrected chi connectivity index (χ1v) is 14.7. The minimum absolute atomic E-state index is 0.135. The van der Waals surface area contributed by atoms with Crippen LogP contribution in [0, 0.1) is 3.57 Å². The van der Waals surface area contributed by atoms with E-state index in [1.165, 1.54) is 0 Å². The summed E-state index contributed by atoms with van der Waals surface area (Å²) in [6, 6.07) is 14.7. The third kappa shape index (κ3) is 5.29. The summed E-state index contributed by atoms with van der Waals surface area (Å²) in [5.74, 6) is -1.92. The van der Waals surface area contributed by atoms with Crippen molar-refractivity contribution < 1.29 is 33.7 Å². The second-order valence-corrected chi connectivity index (χ2v) is 12.0.